The lowest BCUT2D eigenvalue weighted by molar-refractivity contribution is -0.109. The van der Waals surface area contributed by atoms with Gasteiger partial charge in [-0.15, -0.1) is 0 Å². The Kier molecular flexibility index (Phi) is 5.13. The summed E-state index contributed by atoms with van der Waals surface area (Å²) in [6.07, 6.45) is -0.0384. The molecular weight excluding hydrogens is 136 g/mol. The Morgan fingerprint density at radius 1 is 1.70 bits per heavy atom. The largest absolute Gasteiger partial charge is 0.450 e. The Labute approximate surface area is 58.7 Å². The fourth-order valence-corrected chi connectivity index (χ4v) is 0.347. The first kappa shape index (κ1) is 8.74. The number of carbonyl (C=O) groups is 2. The second kappa shape index (κ2) is 5.87. The summed E-state index contributed by atoms with van der Waals surface area (Å²) < 4.78 is 4.48. The average molecular weight is 146 g/mol. The van der Waals surface area contributed by atoms with E-state index in [9.17, 15) is 9.59 Å². The highest BCUT2D eigenvalue weighted by Gasteiger charge is 1.95. The van der Waals surface area contributed by atoms with Crippen LogP contribution in [0.4, 0.5) is 4.79 Å². The van der Waals surface area contributed by atoms with Crippen molar-refractivity contribution >= 4 is 12.5 Å². The first-order valence-electron chi connectivity index (χ1n) is 2.89. The SMILES string of the molecule is CCOC(=O)NCNC=O. The monoisotopic (exact) mass is 146 g/mol. The first-order chi connectivity index (χ1) is 4.81. The number of hydrogen-bond acceptors (Lipinski definition) is 3. The molecule has 0 saturated heterocycles. The van der Waals surface area contributed by atoms with Crippen LogP contribution in [0.2, 0.25) is 0 Å². The van der Waals surface area contributed by atoms with E-state index < -0.39 is 6.09 Å². The minimum atomic E-state index is -0.531. The van der Waals surface area contributed by atoms with Crippen molar-refractivity contribution in [2.45, 2.75) is 6.92 Å². The van der Waals surface area contributed by atoms with Gasteiger partial charge in [0.1, 0.15) is 0 Å². The zero-order chi connectivity index (χ0) is 7.82. The molecule has 0 aliphatic heterocycles. The third-order valence-corrected chi connectivity index (χ3v) is 0.694. The van der Waals surface area contributed by atoms with Crippen LogP contribution in [0.5, 0.6) is 0 Å². The van der Waals surface area contributed by atoms with E-state index in [-0.39, 0.29) is 6.67 Å². The molecular formula is C5H10N2O3. The number of carbonyl (C=O) groups excluding carboxylic acids is 2. The van der Waals surface area contributed by atoms with Crippen molar-refractivity contribution in [1.29, 1.82) is 0 Å². The van der Waals surface area contributed by atoms with Crippen LogP contribution in [-0.4, -0.2) is 25.8 Å². The Hall–Kier alpha value is -1.26. The fourth-order valence-electron chi connectivity index (χ4n) is 0.347. The number of hydrogen-bond donors (Lipinski definition) is 2. The molecule has 0 spiro atoms. The minimum absolute atomic E-state index is 0.0995. The number of ether oxygens (including phenoxy) is 1. The lowest BCUT2D eigenvalue weighted by Gasteiger charge is -2.02. The third kappa shape index (κ3) is 4.89. The summed E-state index contributed by atoms with van der Waals surface area (Å²) in [6.45, 7) is 2.13. The van der Waals surface area contributed by atoms with Gasteiger partial charge in [-0.05, 0) is 6.92 Å². The number of alkyl carbamates (subject to hydrolysis) is 1. The van der Waals surface area contributed by atoms with Gasteiger partial charge in [0.2, 0.25) is 6.41 Å². The molecule has 0 rings (SSSR count). The van der Waals surface area contributed by atoms with Gasteiger partial charge in [-0.25, -0.2) is 4.79 Å². The van der Waals surface area contributed by atoms with E-state index in [0.717, 1.165) is 0 Å². The third-order valence-electron chi connectivity index (χ3n) is 0.694. The van der Waals surface area contributed by atoms with Crippen LogP contribution in [0, 0.1) is 0 Å². The molecule has 58 valence electrons. The molecule has 0 unspecified atom stereocenters. The molecule has 10 heavy (non-hydrogen) atoms. The van der Waals surface area contributed by atoms with E-state index in [0.29, 0.717) is 13.0 Å². The smallest absolute Gasteiger partial charge is 0.408 e. The van der Waals surface area contributed by atoms with Gasteiger partial charge in [0.05, 0.1) is 13.3 Å². The highest BCUT2D eigenvalue weighted by atomic mass is 16.5. The van der Waals surface area contributed by atoms with Crippen molar-refractivity contribution in [2.24, 2.45) is 0 Å². The molecule has 0 radical (unpaired) electrons. The maximum atomic E-state index is 10.4. The number of nitrogens with one attached hydrogen (secondary N) is 2. The van der Waals surface area contributed by atoms with Crippen molar-refractivity contribution in [3.8, 4) is 0 Å². The van der Waals surface area contributed by atoms with Crippen molar-refractivity contribution in [3.63, 3.8) is 0 Å². The molecule has 0 saturated carbocycles. The lowest BCUT2D eigenvalue weighted by Crippen LogP contribution is -2.33. The van der Waals surface area contributed by atoms with Gasteiger partial charge in [-0.1, -0.05) is 0 Å². The molecule has 0 bridgehead atoms. The van der Waals surface area contributed by atoms with Gasteiger partial charge >= 0.3 is 6.09 Å². The van der Waals surface area contributed by atoms with Gasteiger partial charge in [0, 0.05) is 0 Å². The van der Waals surface area contributed by atoms with Crippen LogP contribution in [-0.2, 0) is 9.53 Å². The maximum Gasteiger partial charge on any atom is 0.408 e. The topological polar surface area (TPSA) is 67.4 Å². The molecule has 5 heteroatoms. The van der Waals surface area contributed by atoms with E-state index in [1.165, 1.54) is 0 Å². The second-order valence-corrected chi connectivity index (χ2v) is 1.40. The van der Waals surface area contributed by atoms with E-state index >= 15 is 0 Å². The highest BCUT2D eigenvalue weighted by molar-refractivity contribution is 5.67. The van der Waals surface area contributed by atoms with E-state index in [1.54, 1.807) is 6.92 Å². The predicted molar refractivity (Wildman–Crippen MR) is 34.2 cm³/mol. The van der Waals surface area contributed by atoms with Crippen LogP contribution < -0.4 is 10.6 Å². The van der Waals surface area contributed by atoms with Crippen molar-refractivity contribution in [1.82, 2.24) is 10.6 Å². The maximum absolute atomic E-state index is 10.4. The van der Waals surface area contributed by atoms with Gasteiger partial charge in [0.25, 0.3) is 0 Å². The summed E-state index contributed by atoms with van der Waals surface area (Å²) in [5.41, 5.74) is 0. The molecule has 0 fully saturated rings. The van der Waals surface area contributed by atoms with Crippen LogP contribution in [0.3, 0.4) is 0 Å². The molecule has 0 aromatic carbocycles. The van der Waals surface area contributed by atoms with E-state index in [4.69, 9.17) is 0 Å². The van der Waals surface area contributed by atoms with Crippen LogP contribution in [0.1, 0.15) is 6.92 Å². The second-order valence-electron chi connectivity index (χ2n) is 1.40. The molecule has 0 aliphatic carbocycles. The molecule has 0 heterocycles. The van der Waals surface area contributed by atoms with E-state index in [2.05, 4.69) is 15.4 Å². The van der Waals surface area contributed by atoms with Crippen LogP contribution >= 0.6 is 0 Å². The minimum Gasteiger partial charge on any atom is -0.450 e. The Morgan fingerprint density at radius 3 is 2.90 bits per heavy atom. The standard InChI is InChI=1S/C5H10N2O3/c1-2-10-5(9)7-3-6-4-8/h4H,2-3H2,1H3,(H,6,8)(H,7,9). The summed E-state index contributed by atoms with van der Waals surface area (Å²) in [6, 6.07) is 0. The molecule has 0 aromatic heterocycles. The van der Waals surface area contributed by atoms with Gasteiger partial charge in [0.15, 0.2) is 0 Å². The predicted octanol–water partition coefficient (Wildman–Crippen LogP) is -0.564. The van der Waals surface area contributed by atoms with Gasteiger partial charge < -0.3 is 15.4 Å². The van der Waals surface area contributed by atoms with Gasteiger partial charge in [-0.3, -0.25) is 4.79 Å². The highest BCUT2D eigenvalue weighted by Crippen LogP contribution is 1.72. The number of rotatable bonds is 4. The molecule has 0 aromatic rings. The van der Waals surface area contributed by atoms with Crippen molar-refractivity contribution < 1.29 is 14.3 Å². The summed E-state index contributed by atoms with van der Waals surface area (Å²) in [4.78, 5) is 20.1. The van der Waals surface area contributed by atoms with Crippen LogP contribution in [0.25, 0.3) is 0 Å². The summed E-state index contributed by atoms with van der Waals surface area (Å²) in [5.74, 6) is 0. The first-order valence-corrected chi connectivity index (χ1v) is 2.89. The lowest BCUT2D eigenvalue weighted by atomic mass is 10.8. The summed E-state index contributed by atoms with van der Waals surface area (Å²) >= 11 is 0. The molecule has 0 atom stereocenters. The Bertz CT molecular complexity index is 115. The normalized spacial score (nSPS) is 8.10. The van der Waals surface area contributed by atoms with Gasteiger partial charge in [-0.2, -0.15) is 0 Å². The zero-order valence-electron chi connectivity index (χ0n) is 5.72. The number of amides is 2. The molecule has 0 aliphatic rings. The zero-order valence-corrected chi connectivity index (χ0v) is 5.72. The molecule has 5 nitrogen and oxygen atoms in total. The summed E-state index contributed by atoms with van der Waals surface area (Å²) in [7, 11) is 0. The van der Waals surface area contributed by atoms with Crippen LogP contribution in [0.15, 0.2) is 0 Å². The van der Waals surface area contributed by atoms with Crippen molar-refractivity contribution in [2.75, 3.05) is 13.3 Å². The fraction of sp³-hybridized carbons (Fsp3) is 0.600. The van der Waals surface area contributed by atoms with E-state index in [1.807, 2.05) is 0 Å². The Morgan fingerprint density at radius 2 is 2.40 bits per heavy atom. The summed E-state index contributed by atoms with van der Waals surface area (Å²) in [5, 5.41) is 4.53. The quantitative estimate of drug-likeness (QED) is 0.317. The average Bonchev–Trinajstić information content (AvgIpc) is 1.89. The van der Waals surface area contributed by atoms with Crippen molar-refractivity contribution in [3.05, 3.63) is 0 Å². The molecule has 2 amide bonds. The molecule has 2 N–H and O–H groups in total. The Balaban J connectivity index is 3.13.